The zero-order valence-electron chi connectivity index (χ0n) is 17.2. The van der Waals surface area contributed by atoms with Gasteiger partial charge in [-0.05, 0) is 53.9 Å². The average Bonchev–Trinajstić information content (AvgIpc) is 2.78. The molecule has 0 saturated carbocycles. The van der Waals surface area contributed by atoms with Gasteiger partial charge in [-0.3, -0.25) is 4.79 Å². The predicted molar refractivity (Wildman–Crippen MR) is 126 cm³/mol. The topological polar surface area (TPSA) is 38.8 Å². The Kier molecular flexibility index (Phi) is 8.08. The highest BCUT2D eigenvalue weighted by Crippen LogP contribution is 2.25. The van der Waals surface area contributed by atoms with Crippen LogP contribution < -0.4 is 9.47 Å². The zero-order valence-corrected chi connectivity index (χ0v) is 19.5. The number of benzene rings is 3. The number of rotatable bonds is 8. The molecule has 3 aromatic carbocycles. The van der Waals surface area contributed by atoms with Gasteiger partial charge in [0.15, 0.2) is 0 Å². The second-order valence-electron chi connectivity index (χ2n) is 6.94. The molecule has 3 aromatic rings. The molecule has 0 radical (unpaired) electrons. The molecule has 0 heterocycles. The first kappa shape index (κ1) is 23.3. The SMILES string of the molecule is COc1cc(OC)cc(C(=O)N(CCc2ccc(Cl)cc2Cl)Cc2ccc(Cl)cc2)c1. The lowest BCUT2D eigenvalue weighted by molar-refractivity contribution is 0.0744. The van der Waals surface area contributed by atoms with Crippen LogP contribution in [0.15, 0.2) is 60.7 Å². The molecule has 0 aliphatic rings. The molecule has 0 aromatic heterocycles. The lowest BCUT2D eigenvalue weighted by atomic mass is 10.1. The quantitative estimate of drug-likeness (QED) is 0.368. The van der Waals surface area contributed by atoms with Crippen LogP contribution in [0, 0.1) is 0 Å². The van der Waals surface area contributed by atoms with Gasteiger partial charge < -0.3 is 14.4 Å². The van der Waals surface area contributed by atoms with Gasteiger partial charge in [0.2, 0.25) is 0 Å². The highest BCUT2D eigenvalue weighted by molar-refractivity contribution is 6.35. The molecule has 0 unspecified atom stereocenters. The summed E-state index contributed by atoms with van der Waals surface area (Å²) in [4.78, 5) is 15.2. The summed E-state index contributed by atoms with van der Waals surface area (Å²) >= 11 is 18.3. The van der Waals surface area contributed by atoms with E-state index in [1.54, 1.807) is 49.5 Å². The number of amides is 1. The largest absolute Gasteiger partial charge is 0.497 e. The van der Waals surface area contributed by atoms with Crippen LogP contribution in [0.1, 0.15) is 21.5 Å². The number of methoxy groups -OCH3 is 2. The molecule has 31 heavy (non-hydrogen) atoms. The second kappa shape index (κ2) is 10.8. The van der Waals surface area contributed by atoms with Crippen molar-refractivity contribution in [3.8, 4) is 11.5 Å². The molecular weight excluding hydrogens is 457 g/mol. The smallest absolute Gasteiger partial charge is 0.254 e. The van der Waals surface area contributed by atoms with Crippen molar-refractivity contribution in [2.24, 2.45) is 0 Å². The maximum absolute atomic E-state index is 13.4. The summed E-state index contributed by atoms with van der Waals surface area (Å²) in [7, 11) is 3.11. The Morgan fingerprint density at radius 2 is 1.45 bits per heavy atom. The van der Waals surface area contributed by atoms with Crippen molar-refractivity contribution in [1.29, 1.82) is 0 Å². The molecule has 4 nitrogen and oxygen atoms in total. The van der Waals surface area contributed by atoms with Crippen LogP contribution in [-0.4, -0.2) is 31.6 Å². The van der Waals surface area contributed by atoms with Crippen LogP contribution >= 0.6 is 34.8 Å². The number of nitrogens with zero attached hydrogens (tertiary/aromatic N) is 1. The van der Waals surface area contributed by atoms with Crippen LogP contribution in [0.2, 0.25) is 15.1 Å². The van der Waals surface area contributed by atoms with Crippen molar-refractivity contribution in [3.05, 3.63) is 92.4 Å². The highest BCUT2D eigenvalue weighted by Gasteiger charge is 2.19. The minimum atomic E-state index is -0.141. The molecule has 0 fully saturated rings. The second-order valence-corrected chi connectivity index (χ2v) is 8.22. The Labute approximate surface area is 197 Å². The van der Waals surface area contributed by atoms with E-state index in [9.17, 15) is 4.79 Å². The summed E-state index contributed by atoms with van der Waals surface area (Å²) in [6, 6.07) is 17.9. The maximum atomic E-state index is 13.4. The molecule has 0 bridgehead atoms. The number of ether oxygens (including phenoxy) is 2. The van der Waals surface area contributed by atoms with Gasteiger partial charge in [-0.2, -0.15) is 0 Å². The van der Waals surface area contributed by atoms with E-state index in [4.69, 9.17) is 44.3 Å². The third-order valence-corrected chi connectivity index (χ3v) is 5.68. The standard InChI is InChI=1S/C24H22Cl3NO3/c1-30-21-11-18(12-22(14-21)31-2)24(29)28(15-16-3-6-19(25)7-4-16)10-9-17-5-8-20(26)13-23(17)27/h3-8,11-14H,9-10,15H2,1-2H3. The van der Waals surface area contributed by atoms with E-state index in [1.165, 1.54) is 0 Å². The molecule has 0 aliphatic heterocycles. The molecule has 0 saturated heterocycles. The van der Waals surface area contributed by atoms with E-state index >= 15 is 0 Å². The van der Waals surface area contributed by atoms with Crippen molar-refractivity contribution in [3.63, 3.8) is 0 Å². The molecular formula is C24H22Cl3NO3. The van der Waals surface area contributed by atoms with Gasteiger partial charge in [0.25, 0.3) is 5.91 Å². The van der Waals surface area contributed by atoms with Crippen molar-refractivity contribution in [2.45, 2.75) is 13.0 Å². The van der Waals surface area contributed by atoms with Gasteiger partial charge in [-0.25, -0.2) is 0 Å². The Hall–Kier alpha value is -2.40. The molecule has 1 amide bonds. The molecule has 0 spiro atoms. The number of hydrogen-bond donors (Lipinski definition) is 0. The van der Waals surface area contributed by atoms with Crippen LogP contribution in [0.5, 0.6) is 11.5 Å². The van der Waals surface area contributed by atoms with Crippen LogP contribution in [0.3, 0.4) is 0 Å². The number of carbonyl (C=O) groups is 1. The van der Waals surface area contributed by atoms with Crippen LogP contribution in [0.4, 0.5) is 0 Å². The maximum Gasteiger partial charge on any atom is 0.254 e. The fourth-order valence-corrected chi connectivity index (χ4v) is 3.78. The van der Waals surface area contributed by atoms with E-state index in [2.05, 4.69) is 0 Å². The number of carbonyl (C=O) groups excluding carboxylic acids is 1. The Morgan fingerprint density at radius 1 is 0.839 bits per heavy atom. The summed E-state index contributed by atoms with van der Waals surface area (Å²) in [6.45, 7) is 0.878. The van der Waals surface area contributed by atoms with Gasteiger partial charge in [-0.15, -0.1) is 0 Å². The monoisotopic (exact) mass is 477 g/mol. The summed E-state index contributed by atoms with van der Waals surface area (Å²) in [5, 5.41) is 1.80. The fraction of sp³-hybridized carbons (Fsp3) is 0.208. The third kappa shape index (κ3) is 6.30. The van der Waals surface area contributed by atoms with E-state index in [0.29, 0.717) is 51.6 Å². The highest BCUT2D eigenvalue weighted by atomic mass is 35.5. The van der Waals surface area contributed by atoms with Crippen molar-refractivity contribution >= 4 is 40.7 Å². The van der Waals surface area contributed by atoms with Gasteiger partial charge in [0.05, 0.1) is 14.2 Å². The Balaban J connectivity index is 1.88. The minimum Gasteiger partial charge on any atom is -0.497 e. The van der Waals surface area contributed by atoms with E-state index in [-0.39, 0.29) is 5.91 Å². The van der Waals surface area contributed by atoms with E-state index in [1.807, 2.05) is 30.3 Å². The van der Waals surface area contributed by atoms with Gasteiger partial charge in [0, 0.05) is 39.8 Å². The lowest BCUT2D eigenvalue weighted by Crippen LogP contribution is -2.32. The van der Waals surface area contributed by atoms with Gasteiger partial charge >= 0.3 is 0 Å². The van der Waals surface area contributed by atoms with Crippen LogP contribution in [0.25, 0.3) is 0 Å². The fourth-order valence-electron chi connectivity index (χ4n) is 3.16. The van der Waals surface area contributed by atoms with E-state index in [0.717, 1.165) is 11.1 Å². The Bertz CT molecular complexity index is 1030. The van der Waals surface area contributed by atoms with Crippen molar-refractivity contribution < 1.29 is 14.3 Å². The summed E-state index contributed by atoms with van der Waals surface area (Å²) in [6.07, 6.45) is 0.580. The first-order valence-corrected chi connectivity index (χ1v) is 10.7. The zero-order chi connectivity index (χ0) is 22.4. The van der Waals surface area contributed by atoms with Crippen LogP contribution in [-0.2, 0) is 13.0 Å². The normalized spacial score (nSPS) is 10.6. The first-order chi connectivity index (χ1) is 14.9. The summed E-state index contributed by atoms with van der Waals surface area (Å²) < 4.78 is 10.6. The third-order valence-electron chi connectivity index (χ3n) is 4.84. The minimum absolute atomic E-state index is 0.141. The Morgan fingerprint density at radius 3 is 2.03 bits per heavy atom. The molecule has 162 valence electrons. The number of hydrogen-bond acceptors (Lipinski definition) is 3. The summed E-state index contributed by atoms with van der Waals surface area (Å²) in [5.41, 5.74) is 2.37. The van der Waals surface area contributed by atoms with E-state index < -0.39 is 0 Å². The molecule has 0 atom stereocenters. The van der Waals surface area contributed by atoms with Crippen molar-refractivity contribution in [1.82, 2.24) is 4.90 Å². The number of halogens is 3. The lowest BCUT2D eigenvalue weighted by Gasteiger charge is -2.24. The molecule has 3 rings (SSSR count). The summed E-state index contributed by atoms with van der Waals surface area (Å²) in [5.74, 6) is 0.960. The molecule has 7 heteroatoms. The molecule has 0 N–H and O–H groups in total. The van der Waals surface area contributed by atoms with Gasteiger partial charge in [0.1, 0.15) is 11.5 Å². The van der Waals surface area contributed by atoms with Crippen molar-refractivity contribution in [2.75, 3.05) is 20.8 Å². The average molecular weight is 479 g/mol. The first-order valence-electron chi connectivity index (χ1n) is 9.60. The predicted octanol–water partition coefficient (Wildman–Crippen LogP) is 6.55. The molecule has 0 aliphatic carbocycles. The van der Waals surface area contributed by atoms with Gasteiger partial charge in [-0.1, -0.05) is 53.0 Å².